The molecule has 0 saturated carbocycles. The maximum atomic E-state index is 12.9. The number of hydrogen-bond acceptors (Lipinski definition) is 6. The van der Waals surface area contributed by atoms with Crippen LogP contribution in [0.15, 0.2) is 28.8 Å². The molecule has 5 rings (SSSR count). The SMILES string of the molecule is Cc1[nH]c(C=C2C(=O)Nc3cc(NC(=O)Nc4cc(C(C)(C)C)on4)ccc32)c(C)c1NC(=O)C1CCCCN1. The van der Waals surface area contributed by atoms with Crippen molar-refractivity contribution in [2.24, 2.45) is 0 Å². The quantitative estimate of drug-likeness (QED) is 0.244. The van der Waals surface area contributed by atoms with E-state index in [2.05, 4.69) is 36.7 Å². The molecule has 210 valence electrons. The fourth-order valence-electron chi connectivity index (χ4n) is 4.92. The Bertz CT molecular complexity index is 1500. The van der Waals surface area contributed by atoms with Crippen molar-refractivity contribution in [2.45, 2.75) is 65.3 Å². The van der Waals surface area contributed by atoms with E-state index in [1.807, 2.05) is 34.6 Å². The Balaban J connectivity index is 1.29. The summed E-state index contributed by atoms with van der Waals surface area (Å²) < 4.78 is 5.30. The number of hydrogen-bond donors (Lipinski definition) is 6. The molecule has 2 aromatic heterocycles. The molecule has 40 heavy (non-hydrogen) atoms. The van der Waals surface area contributed by atoms with Gasteiger partial charge in [-0.1, -0.05) is 38.4 Å². The lowest BCUT2D eigenvalue weighted by atomic mass is 9.93. The highest BCUT2D eigenvalue weighted by atomic mass is 16.5. The molecule has 1 saturated heterocycles. The lowest BCUT2D eigenvalue weighted by molar-refractivity contribution is -0.118. The molecule has 4 amide bonds. The van der Waals surface area contributed by atoms with E-state index in [9.17, 15) is 14.4 Å². The van der Waals surface area contributed by atoms with Gasteiger partial charge in [-0.25, -0.2) is 4.79 Å². The number of aromatic nitrogens is 2. The average molecular weight is 546 g/mol. The fraction of sp³-hybridized carbons (Fsp3) is 0.379. The van der Waals surface area contributed by atoms with Crippen LogP contribution in [0.4, 0.5) is 27.7 Å². The van der Waals surface area contributed by atoms with Crippen LogP contribution in [0.3, 0.4) is 0 Å². The summed E-state index contributed by atoms with van der Waals surface area (Å²) in [6.45, 7) is 10.6. The van der Waals surface area contributed by atoms with E-state index in [1.54, 1.807) is 30.3 Å². The standard InChI is InChI=1S/C29H35N7O4/c1-15-21(31-16(2)25(15)35-27(38)20-8-6-7-11-30-20)13-19-18-10-9-17(12-22(18)33-26(19)37)32-28(39)34-24-14-23(40-36-24)29(3,4)5/h9-10,12-14,20,30-31H,6-8,11H2,1-5H3,(H,33,37)(H,35,38)(H2,32,34,36,39). The Morgan fingerprint density at radius 1 is 1.10 bits per heavy atom. The second kappa shape index (κ2) is 10.6. The van der Waals surface area contributed by atoms with Crippen LogP contribution in [-0.2, 0) is 15.0 Å². The number of aryl methyl sites for hydroxylation is 1. The zero-order valence-electron chi connectivity index (χ0n) is 23.4. The molecule has 2 aliphatic heterocycles. The van der Waals surface area contributed by atoms with Crippen LogP contribution in [0.2, 0.25) is 0 Å². The van der Waals surface area contributed by atoms with Gasteiger partial charge >= 0.3 is 6.03 Å². The van der Waals surface area contributed by atoms with Crippen molar-refractivity contribution in [1.29, 1.82) is 0 Å². The third kappa shape index (κ3) is 5.64. The molecule has 11 heteroatoms. The first-order valence-corrected chi connectivity index (χ1v) is 13.5. The Kier molecular flexibility index (Phi) is 7.24. The van der Waals surface area contributed by atoms with Gasteiger partial charge in [0.15, 0.2) is 5.82 Å². The Morgan fingerprint density at radius 3 is 2.60 bits per heavy atom. The van der Waals surface area contributed by atoms with E-state index < -0.39 is 6.03 Å². The number of aromatic amines is 1. The van der Waals surface area contributed by atoms with E-state index in [1.165, 1.54) is 0 Å². The molecule has 1 atom stereocenters. The molecule has 6 N–H and O–H groups in total. The van der Waals surface area contributed by atoms with Crippen molar-refractivity contribution in [1.82, 2.24) is 15.5 Å². The second-order valence-corrected chi connectivity index (χ2v) is 11.3. The zero-order valence-corrected chi connectivity index (χ0v) is 23.4. The Morgan fingerprint density at radius 2 is 1.90 bits per heavy atom. The Labute approximate surface area is 232 Å². The highest BCUT2D eigenvalue weighted by molar-refractivity contribution is 6.35. The Hall–Kier alpha value is -4.38. The van der Waals surface area contributed by atoms with E-state index in [-0.39, 0.29) is 23.3 Å². The van der Waals surface area contributed by atoms with Gasteiger partial charge in [-0.2, -0.15) is 0 Å². The molecule has 3 aromatic rings. The predicted molar refractivity (Wildman–Crippen MR) is 155 cm³/mol. The van der Waals surface area contributed by atoms with Crippen molar-refractivity contribution >= 4 is 52.4 Å². The number of nitrogens with one attached hydrogen (secondary N) is 6. The van der Waals surface area contributed by atoms with Gasteiger partial charge < -0.3 is 30.8 Å². The molecule has 0 aliphatic carbocycles. The van der Waals surface area contributed by atoms with Crippen LogP contribution in [0.25, 0.3) is 11.6 Å². The smallest absolute Gasteiger partial charge is 0.324 e. The summed E-state index contributed by atoms with van der Waals surface area (Å²) in [5, 5.41) is 18.5. The van der Waals surface area contributed by atoms with Crippen LogP contribution in [0, 0.1) is 13.8 Å². The first kappa shape index (κ1) is 27.2. The summed E-state index contributed by atoms with van der Waals surface area (Å²) in [5.74, 6) is 0.669. The minimum Gasteiger partial charge on any atom is -0.359 e. The molecule has 1 fully saturated rings. The van der Waals surface area contributed by atoms with Crippen molar-refractivity contribution in [3.63, 3.8) is 0 Å². The van der Waals surface area contributed by atoms with Crippen LogP contribution in [0.5, 0.6) is 0 Å². The van der Waals surface area contributed by atoms with Gasteiger partial charge in [0.2, 0.25) is 5.91 Å². The number of urea groups is 1. The van der Waals surface area contributed by atoms with Gasteiger partial charge in [-0.05, 0) is 57.0 Å². The van der Waals surface area contributed by atoms with E-state index >= 15 is 0 Å². The maximum absolute atomic E-state index is 12.9. The molecular formula is C29H35N7O4. The number of anilines is 4. The van der Waals surface area contributed by atoms with E-state index in [0.29, 0.717) is 34.1 Å². The largest absolute Gasteiger partial charge is 0.359 e. The summed E-state index contributed by atoms with van der Waals surface area (Å²) in [6.07, 6.45) is 4.72. The number of piperidine rings is 1. The predicted octanol–water partition coefficient (Wildman–Crippen LogP) is 5.13. The number of amides is 4. The van der Waals surface area contributed by atoms with Crippen molar-refractivity contribution in [2.75, 3.05) is 27.8 Å². The van der Waals surface area contributed by atoms with Gasteiger partial charge in [-0.15, -0.1) is 0 Å². The molecule has 0 radical (unpaired) electrons. The van der Waals surface area contributed by atoms with Crippen LogP contribution >= 0.6 is 0 Å². The maximum Gasteiger partial charge on any atom is 0.324 e. The number of fused-ring (bicyclic) bond motifs is 1. The summed E-state index contributed by atoms with van der Waals surface area (Å²) >= 11 is 0. The number of nitrogens with zero attached hydrogens (tertiary/aromatic N) is 1. The first-order valence-electron chi connectivity index (χ1n) is 13.5. The summed E-state index contributed by atoms with van der Waals surface area (Å²) in [6, 6.07) is 6.22. The third-order valence-electron chi connectivity index (χ3n) is 7.19. The van der Waals surface area contributed by atoms with Gasteiger partial charge in [0.25, 0.3) is 5.91 Å². The van der Waals surface area contributed by atoms with Crippen molar-refractivity contribution in [3.05, 3.63) is 52.5 Å². The number of H-pyrrole nitrogens is 1. The number of benzene rings is 1. The first-order chi connectivity index (χ1) is 19.0. The van der Waals surface area contributed by atoms with Crippen LogP contribution < -0.4 is 26.6 Å². The lowest BCUT2D eigenvalue weighted by Gasteiger charge is -2.22. The summed E-state index contributed by atoms with van der Waals surface area (Å²) in [7, 11) is 0. The lowest BCUT2D eigenvalue weighted by Crippen LogP contribution is -2.43. The normalized spacial score (nSPS) is 17.9. The van der Waals surface area contributed by atoms with Gasteiger partial charge in [0, 0.05) is 34.1 Å². The molecule has 0 spiro atoms. The molecule has 1 unspecified atom stereocenters. The summed E-state index contributed by atoms with van der Waals surface area (Å²) in [4.78, 5) is 41.5. The van der Waals surface area contributed by atoms with E-state index in [4.69, 9.17) is 4.52 Å². The molecular weight excluding hydrogens is 510 g/mol. The minimum atomic E-state index is -0.482. The highest BCUT2D eigenvalue weighted by Gasteiger charge is 2.27. The number of carbonyl (C=O) groups is 3. The molecule has 1 aromatic carbocycles. The average Bonchev–Trinajstić information content (AvgIpc) is 3.57. The van der Waals surface area contributed by atoms with Gasteiger partial charge in [-0.3, -0.25) is 14.9 Å². The van der Waals surface area contributed by atoms with Gasteiger partial charge in [0.05, 0.1) is 23.0 Å². The van der Waals surface area contributed by atoms with Crippen LogP contribution in [0.1, 0.15) is 68.3 Å². The topological polar surface area (TPSA) is 153 Å². The fourth-order valence-corrected chi connectivity index (χ4v) is 4.92. The zero-order chi connectivity index (χ0) is 28.6. The minimum absolute atomic E-state index is 0.0460. The number of carbonyl (C=O) groups excluding carboxylic acids is 3. The third-order valence-corrected chi connectivity index (χ3v) is 7.19. The highest BCUT2D eigenvalue weighted by Crippen LogP contribution is 2.36. The van der Waals surface area contributed by atoms with Crippen molar-refractivity contribution < 1.29 is 18.9 Å². The molecule has 2 aliphatic rings. The van der Waals surface area contributed by atoms with Crippen molar-refractivity contribution in [3.8, 4) is 0 Å². The second-order valence-electron chi connectivity index (χ2n) is 11.3. The van der Waals surface area contributed by atoms with Gasteiger partial charge in [0.1, 0.15) is 5.76 Å². The molecule has 0 bridgehead atoms. The molecule has 11 nitrogen and oxygen atoms in total. The van der Waals surface area contributed by atoms with E-state index in [0.717, 1.165) is 48.4 Å². The summed E-state index contributed by atoms with van der Waals surface area (Å²) in [5.41, 5.74) is 5.21. The monoisotopic (exact) mass is 545 g/mol. The van der Waals surface area contributed by atoms with Crippen LogP contribution in [-0.4, -0.2) is 40.6 Å². The molecule has 4 heterocycles. The number of rotatable bonds is 5.